The summed E-state index contributed by atoms with van der Waals surface area (Å²) in [6.07, 6.45) is 6.71. The minimum absolute atomic E-state index is 0.0222. The number of hydrogen-bond acceptors (Lipinski definition) is 7. The second-order valence-corrected chi connectivity index (χ2v) is 8.62. The van der Waals surface area contributed by atoms with Crippen molar-refractivity contribution in [3.8, 4) is 0 Å². The van der Waals surface area contributed by atoms with E-state index in [9.17, 15) is 4.79 Å². The van der Waals surface area contributed by atoms with Gasteiger partial charge in [-0.15, -0.1) is 11.3 Å². The Morgan fingerprint density at radius 3 is 2.39 bits per heavy atom. The monoisotopic (exact) mass is 400 g/mol. The molecule has 28 heavy (non-hydrogen) atoms. The van der Waals surface area contributed by atoms with Gasteiger partial charge in [-0.05, 0) is 32.8 Å². The molecule has 7 nitrogen and oxygen atoms in total. The lowest BCUT2D eigenvalue weighted by atomic mass is 9.94. The van der Waals surface area contributed by atoms with E-state index in [1.807, 2.05) is 30.2 Å². The summed E-state index contributed by atoms with van der Waals surface area (Å²) >= 11 is 1.41. The number of piperazine rings is 1. The third kappa shape index (κ3) is 4.50. The molecule has 0 radical (unpaired) electrons. The maximum atomic E-state index is 12.8. The number of rotatable bonds is 4. The maximum absolute atomic E-state index is 12.8. The standard InChI is InChI=1S/C20H28N6OS/c1-14-12-15(2)22-19(21-14)24-20-23-17(13-28-20)18(27)26-10-8-25(9-11-26)16-6-4-3-5-7-16/h12-13,16H,3-11H2,1-2H3,(H,21,22,23,24). The quantitative estimate of drug-likeness (QED) is 0.848. The molecule has 4 rings (SSSR count). The predicted octanol–water partition coefficient (Wildman–Crippen LogP) is 3.38. The van der Waals surface area contributed by atoms with Crippen molar-refractivity contribution in [3.63, 3.8) is 0 Å². The molecule has 0 spiro atoms. The van der Waals surface area contributed by atoms with Gasteiger partial charge in [-0.2, -0.15) is 0 Å². The minimum atomic E-state index is 0.0222. The highest BCUT2D eigenvalue weighted by atomic mass is 32.1. The van der Waals surface area contributed by atoms with Crippen LogP contribution in [0.5, 0.6) is 0 Å². The molecule has 0 aromatic carbocycles. The third-order valence-electron chi connectivity index (χ3n) is 5.62. The molecule has 2 aromatic rings. The zero-order valence-electron chi connectivity index (χ0n) is 16.6. The van der Waals surface area contributed by atoms with Crippen LogP contribution in [0.4, 0.5) is 11.1 Å². The molecule has 1 N–H and O–H groups in total. The van der Waals surface area contributed by atoms with E-state index in [2.05, 4.69) is 25.2 Å². The van der Waals surface area contributed by atoms with E-state index in [1.54, 1.807) is 0 Å². The van der Waals surface area contributed by atoms with Gasteiger partial charge in [-0.25, -0.2) is 15.0 Å². The fourth-order valence-electron chi connectivity index (χ4n) is 4.21. The first-order valence-electron chi connectivity index (χ1n) is 10.2. The summed E-state index contributed by atoms with van der Waals surface area (Å²) in [5.74, 6) is 0.542. The molecular formula is C20H28N6OS. The molecule has 0 unspecified atom stereocenters. The van der Waals surface area contributed by atoms with Crippen LogP contribution in [0.25, 0.3) is 0 Å². The van der Waals surface area contributed by atoms with E-state index in [0.29, 0.717) is 16.8 Å². The van der Waals surface area contributed by atoms with Crippen molar-refractivity contribution in [2.45, 2.75) is 52.0 Å². The number of aryl methyl sites for hydroxylation is 2. The number of anilines is 2. The summed E-state index contributed by atoms with van der Waals surface area (Å²) in [4.78, 5) is 30.6. The largest absolute Gasteiger partial charge is 0.335 e. The molecule has 3 heterocycles. The Balaban J connectivity index is 1.34. The Labute approximate surface area is 170 Å². The Bertz CT molecular complexity index is 804. The van der Waals surface area contributed by atoms with E-state index in [4.69, 9.17) is 0 Å². The zero-order valence-corrected chi connectivity index (χ0v) is 17.5. The van der Waals surface area contributed by atoms with E-state index in [1.165, 1.54) is 43.4 Å². The van der Waals surface area contributed by atoms with Crippen LogP contribution in [-0.2, 0) is 0 Å². The van der Waals surface area contributed by atoms with Gasteiger partial charge in [0.15, 0.2) is 5.13 Å². The van der Waals surface area contributed by atoms with Crippen molar-refractivity contribution >= 4 is 28.3 Å². The molecular weight excluding hydrogens is 372 g/mol. The zero-order chi connectivity index (χ0) is 19.5. The average Bonchev–Trinajstić information content (AvgIpc) is 3.16. The molecule has 0 atom stereocenters. The molecule has 1 aliphatic carbocycles. The highest BCUT2D eigenvalue weighted by Crippen LogP contribution is 2.24. The van der Waals surface area contributed by atoms with Gasteiger partial charge in [0.05, 0.1) is 0 Å². The summed E-state index contributed by atoms with van der Waals surface area (Å²) in [5.41, 5.74) is 2.31. The average molecular weight is 401 g/mol. The van der Waals surface area contributed by atoms with Gasteiger partial charge in [0.25, 0.3) is 5.91 Å². The lowest BCUT2D eigenvalue weighted by Crippen LogP contribution is -2.52. The molecule has 1 aliphatic heterocycles. The summed E-state index contributed by atoms with van der Waals surface area (Å²) in [7, 11) is 0. The van der Waals surface area contributed by atoms with Crippen LogP contribution in [-0.4, -0.2) is 62.9 Å². The Hall–Kier alpha value is -2.06. The smallest absolute Gasteiger partial charge is 0.273 e. The molecule has 2 aromatic heterocycles. The topological polar surface area (TPSA) is 74.2 Å². The summed E-state index contributed by atoms with van der Waals surface area (Å²) < 4.78 is 0. The molecule has 1 saturated heterocycles. The van der Waals surface area contributed by atoms with Crippen molar-refractivity contribution in [1.29, 1.82) is 0 Å². The number of nitrogens with zero attached hydrogens (tertiary/aromatic N) is 5. The van der Waals surface area contributed by atoms with Gasteiger partial charge in [-0.3, -0.25) is 9.69 Å². The molecule has 1 saturated carbocycles. The van der Waals surface area contributed by atoms with Gasteiger partial charge in [0.1, 0.15) is 5.69 Å². The minimum Gasteiger partial charge on any atom is -0.335 e. The molecule has 2 aliphatic rings. The number of amides is 1. The van der Waals surface area contributed by atoms with Gasteiger partial charge in [-0.1, -0.05) is 19.3 Å². The fourth-order valence-corrected chi connectivity index (χ4v) is 4.88. The highest BCUT2D eigenvalue weighted by molar-refractivity contribution is 7.14. The van der Waals surface area contributed by atoms with Gasteiger partial charge < -0.3 is 10.2 Å². The number of carbonyl (C=O) groups is 1. The molecule has 150 valence electrons. The molecule has 1 amide bonds. The Morgan fingerprint density at radius 1 is 1.04 bits per heavy atom. The molecule has 0 bridgehead atoms. The summed E-state index contributed by atoms with van der Waals surface area (Å²) in [5, 5.41) is 5.59. The van der Waals surface area contributed by atoms with Crippen LogP contribution in [0.2, 0.25) is 0 Å². The van der Waals surface area contributed by atoms with E-state index < -0.39 is 0 Å². The number of aromatic nitrogens is 3. The van der Waals surface area contributed by atoms with E-state index in [-0.39, 0.29) is 5.91 Å². The van der Waals surface area contributed by atoms with Crippen molar-refractivity contribution in [3.05, 3.63) is 28.5 Å². The molecule has 2 fully saturated rings. The second kappa shape index (κ2) is 8.53. The first-order chi connectivity index (χ1) is 13.6. The van der Waals surface area contributed by atoms with Crippen LogP contribution in [0.3, 0.4) is 0 Å². The Morgan fingerprint density at radius 2 is 1.71 bits per heavy atom. The van der Waals surface area contributed by atoms with E-state index >= 15 is 0 Å². The normalized spacial score (nSPS) is 19.0. The van der Waals surface area contributed by atoms with E-state index in [0.717, 1.165) is 43.6 Å². The van der Waals surface area contributed by atoms with Crippen LogP contribution in [0, 0.1) is 13.8 Å². The van der Waals surface area contributed by atoms with Gasteiger partial charge in [0, 0.05) is 49.0 Å². The van der Waals surface area contributed by atoms with Crippen molar-refractivity contribution in [1.82, 2.24) is 24.8 Å². The second-order valence-electron chi connectivity index (χ2n) is 7.76. The summed E-state index contributed by atoms with van der Waals surface area (Å²) in [6, 6.07) is 2.65. The van der Waals surface area contributed by atoms with Crippen LogP contribution in [0.1, 0.15) is 54.0 Å². The number of carbonyl (C=O) groups excluding carboxylic acids is 1. The van der Waals surface area contributed by atoms with Gasteiger partial charge in [0.2, 0.25) is 5.95 Å². The van der Waals surface area contributed by atoms with Crippen LogP contribution in [0.15, 0.2) is 11.4 Å². The predicted molar refractivity (Wildman–Crippen MR) is 111 cm³/mol. The Kier molecular flexibility index (Phi) is 5.87. The highest BCUT2D eigenvalue weighted by Gasteiger charge is 2.28. The lowest BCUT2D eigenvalue weighted by molar-refractivity contribution is 0.0519. The van der Waals surface area contributed by atoms with Crippen molar-refractivity contribution in [2.75, 3.05) is 31.5 Å². The first kappa shape index (κ1) is 19.3. The van der Waals surface area contributed by atoms with Gasteiger partial charge >= 0.3 is 0 Å². The summed E-state index contributed by atoms with van der Waals surface area (Å²) in [6.45, 7) is 7.39. The first-order valence-corrected chi connectivity index (χ1v) is 11.0. The number of thiazole rings is 1. The maximum Gasteiger partial charge on any atom is 0.273 e. The van der Waals surface area contributed by atoms with Crippen molar-refractivity contribution < 1.29 is 4.79 Å². The lowest BCUT2D eigenvalue weighted by Gasteiger charge is -2.40. The fraction of sp³-hybridized carbons (Fsp3) is 0.600. The van der Waals surface area contributed by atoms with Crippen molar-refractivity contribution in [2.24, 2.45) is 0 Å². The van der Waals surface area contributed by atoms with Crippen LogP contribution < -0.4 is 5.32 Å². The number of nitrogens with one attached hydrogen (secondary N) is 1. The third-order valence-corrected chi connectivity index (χ3v) is 6.37. The SMILES string of the molecule is Cc1cc(C)nc(Nc2nc(C(=O)N3CCN(C4CCCCC4)CC3)cs2)n1. The number of hydrogen-bond donors (Lipinski definition) is 1. The van der Waals surface area contributed by atoms with Crippen LogP contribution >= 0.6 is 11.3 Å². The molecule has 8 heteroatoms.